The van der Waals surface area contributed by atoms with E-state index in [0.29, 0.717) is 0 Å². The molecule has 0 amide bonds. The highest BCUT2D eigenvalue weighted by molar-refractivity contribution is 6.30. The van der Waals surface area contributed by atoms with Crippen LogP contribution in [0.2, 0.25) is 5.02 Å². The monoisotopic (exact) mass is 255 g/mol. The lowest BCUT2D eigenvalue weighted by atomic mass is 9.92. The number of ether oxygens (including phenoxy) is 1. The lowest BCUT2D eigenvalue weighted by molar-refractivity contribution is -0.00960. The molecule has 1 N–H and O–H groups in total. The van der Waals surface area contributed by atoms with E-state index in [1.54, 1.807) is 7.11 Å². The van der Waals surface area contributed by atoms with Crippen molar-refractivity contribution in [1.82, 2.24) is 5.32 Å². The average molecular weight is 256 g/mol. The average Bonchev–Trinajstić information content (AvgIpc) is 2.28. The molecule has 96 valence electrons. The molecule has 3 heteroatoms. The first-order valence-electron chi connectivity index (χ1n) is 6.02. The summed E-state index contributed by atoms with van der Waals surface area (Å²) in [6, 6.07) is 8.27. The van der Waals surface area contributed by atoms with Crippen molar-refractivity contribution in [3.05, 3.63) is 34.9 Å². The lowest BCUT2D eigenvalue weighted by Crippen LogP contribution is -2.49. The second-order valence-corrected chi connectivity index (χ2v) is 5.19. The highest BCUT2D eigenvalue weighted by Crippen LogP contribution is 2.19. The first-order valence-corrected chi connectivity index (χ1v) is 6.40. The Hall–Kier alpha value is -0.570. The van der Waals surface area contributed by atoms with Gasteiger partial charge in [0.15, 0.2) is 0 Å². The number of benzene rings is 1. The molecule has 0 radical (unpaired) electrons. The van der Waals surface area contributed by atoms with Gasteiger partial charge in [-0.1, -0.05) is 30.7 Å². The molecule has 0 spiro atoms. The van der Waals surface area contributed by atoms with Crippen molar-refractivity contribution in [2.75, 3.05) is 13.7 Å². The van der Waals surface area contributed by atoms with Gasteiger partial charge in [0.25, 0.3) is 0 Å². The van der Waals surface area contributed by atoms with Crippen LogP contribution in [-0.4, -0.2) is 25.3 Å². The summed E-state index contributed by atoms with van der Waals surface area (Å²) in [7, 11) is 1.75. The largest absolute Gasteiger partial charge is 0.377 e. The molecule has 17 heavy (non-hydrogen) atoms. The molecule has 0 saturated heterocycles. The van der Waals surface area contributed by atoms with Crippen molar-refractivity contribution in [1.29, 1.82) is 0 Å². The standard InChI is InChI=1S/C14H22ClNO/c1-5-16-13(14(2,3)17-4)10-11-7-6-8-12(15)9-11/h6-9,13,16H,5,10H2,1-4H3. The van der Waals surface area contributed by atoms with Crippen molar-refractivity contribution in [2.24, 2.45) is 0 Å². The maximum Gasteiger partial charge on any atom is 0.0778 e. The second kappa shape index (κ2) is 6.39. The smallest absolute Gasteiger partial charge is 0.0778 e. The predicted molar refractivity (Wildman–Crippen MR) is 73.7 cm³/mol. The Morgan fingerprint density at radius 2 is 2.12 bits per heavy atom. The molecule has 1 atom stereocenters. The Bertz CT molecular complexity index is 352. The molecule has 1 aromatic rings. The summed E-state index contributed by atoms with van der Waals surface area (Å²) < 4.78 is 5.56. The van der Waals surface area contributed by atoms with Crippen LogP contribution in [0.5, 0.6) is 0 Å². The van der Waals surface area contributed by atoms with E-state index < -0.39 is 0 Å². The van der Waals surface area contributed by atoms with Gasteiger partial charge in [0, 0.05) is 18.2 Å². The van der Waals surface area contributed by atoms with Crippen LogP contribution in [-0.2, 0) is 11.2 Å². The Kier molecular flexibility index (Phi) is 5.44. The van der Waals surface area contributed by atoms with Crippen molar-refractivity contribution in [2.45, 2.75) is 38.8 Å². The number of methoxy groups -OCH3 is 1. The fourth-order valence-corrected chi connectivity index (χ4v) is 2.06. The van der Waals surface area contributed by atoms with Gasteiger partial charge in [-0.3, -0.25) is 0 Å². The second-order valence-electron chi connectivity index (χ2n) is 4.75. The van der Waals surface area contributed by atoms with Crippen LogP contribution in [0, 0.1) is 0 Å². The number of halogens is 1. The summed E-state index contributed by atoms with van der Waals surface area (Å²) in [5, 5.41) is 4.26. The van der Waals surface area contributed by atoms with E-state index in [1.807, 2.05) is 18.2 Å². The van der Waals surface area contributed by atoms with Gasteiger partial charge in [-0.15, -0.1) is 0 Å². The first kappa shape index (κ1) is 14.5. The third-order valence-corrected chi connectivity index (χ3v) is 3.38. The van der Waals surface area contributed by atoms with E-state index in [0.717, 1.165) is 18.0 Å². The van der Waals surface area contributed by atoms with Crippen LogP contribution in [0.4, 0.5) is 0 Å². The van der Waals surface area contributed by atoms with Crippen LogP contribution >= 0.6 is 11.6 Å². The Balaban J connectivity index is 2.80. The molecule has 1 unspecified atom stereocenters. The molecule has 0 aromatic heterocycles. The van der Waals surface area contributed by atoms with Gasteiger partial charge in [-0.05, 0) is 44.5 Å². The molecule has 0 bridgehead atoms. The molecular weight excluding hydrogens is 234 g/mol. The van der Waals surface area contributed by atoms with Crippen LogP contribution < -0.4 is 5.32 Å². The quantitative estimate of drug-likeness (QED) is 0.842. The number of hydrogen-bond acceptors (Lipinski definition) is 2. The zero-order valence-corrected chi connectivity index (χ0v) is 11.8. The molecular formula is C14H22ClNO. The van der Waals surface area contributed by atoms with Gasteiger partial charge in [-0.2, -0.15) is 0 Å². The van der Waals surface area contributed by atoms with Gasteiger partial charge in [0.1, 0.15) is 0 Å². The Morgan fingerprint density at radius 1 is 1.41 bits per heavy atom. The number of nitrogens with one attached hydrogen (secondary N) is 1. The molecule has 2 nitrogen and oxygen atoms in total. The van der Waals surface area contributed by atoms with E-state index in [2.05, 4.69) is 32.2 Å². The van der Waals surface area contributed by atoms with E-state index in [9.17, 15) is 0 Å². The SMILES string of the molecule is CCNC(Cc1cccc(Cl)c1)C(C)(C)OC. The third-order valence-electron chi connectivity index (χ3n) is 3.14. The van der Waals surface area contributed by atoms with Gasteiger partial charge in [-0.25, -0.2) is 0 Å². The van der Waals surface area contributed by atoms with Crippen molar-refractivity contribution >= 4 is 11.6 Å². The zero-order valence-electron chi connectivity index (χ0n) is 11.1. The van der Waals surface area contributed by atoms with Gasteiger partial charge in [0.2, 0.25) is 0 Å². The Morgan fingerprint density at radius 3 is 2.65 bits per heavy atom. The van der Waals surface area contributed by atoms with Crippen molar-refractivity contribution in [3.8, 4) is 0 Å². The Labute approximate surface area is 109 Å². The number of hydrogen-bond donors (Lipinski definition) is 1. The molecule has 0 aliphatic rings. The summed E-state index contributed by atoms with van der Waals surface area (Å²) >= 11 is 6.00. The zero-order chi connectivity index (χ0) is 12.9. The van der Waals surface area contributed by atoms with E-state index in [4.69, 9.17) is 16.3 Å². The van der Waals surface area contributed by atoms with Crippen molar-refractivity contribution in [3.63, 3.8) is 0 Å². The van der Waals surface area contributed by atoms with Crippen LogP contribution in [0.1, 0.15) is 26.3 Å². The minimum absolute atomic E-state index is 0.196. The molecule has 0 aliphatic carbocycles. The molecule has 0 heterocycles. The normalized spacial score (nSPS) is 13.7. The fourth-order valence-electron chi connectivity index (χ4n) is 1.85. The summed E-state index contributed by atoms with van der Waals surface area (Å²) in [5.41, 5.74) is 1.03. The topological polar surface area (TPSA) is 21.3 Å². The van der Waals surface area contributed by atoms with Gasteiger partial charge < -0.3 is 10.1 Å². The predicted octanol–water partition coefficient (Wildman–Crippen LogP) is 3.29. The third kappa shape index (κ3) is 4.30. The lowest BCUT2D eigenvalue weighted by Gasteiger charge is -2.34. The first-order chi connectivity index (χ1) is 7.99. The maximum atomic E-state index is 6.00. The minimum Gasteiger partial charge on any atom is -0.377 e. The van der Waals surface area contributed by atoms with E-state index >= 15 is 0 Å². The molecule has 1 rings (SSSR count). The summed E-state index contributed by atoms with van der Waals surface area (Å²) in [5.74, 6) is 0. The highest BCUT2D eigenvalue weighted by atomic mass is 35.5. The minimum atomic E-state index is -0.196. The van der Waals surface area contributed by atoms with E-state index in [1.165, 1.54) is 5.56 Å². The molecule has 0 fully saturated rings. The van der Waals surface area contributed by atoms with Gasteiger partial charge >= 0.3 is 0 Å². The maximum absolute atomic E-state index is 6.00. The molecule has 0 aliphatic heterocycles. The summed E-state index contributed by atoms with van der Waals surface area (Å²) in [4.78, 5) is 0. The number of rotatable bonds is 6. The molecule has 1 aromatic carbocycles. The van der Waals surface area contributed by atoms with Gasteiger partial charge in [0.05, 0.1) is 5.60 Å². The van der Waals surface area contributed by atoms with Crippen LogP contribution in [0.3, 0.4) is 0 Å². The number of likely N-dealkylation sites (N-methyl/N-ethyl adjacent to an activating group) is 1. The molecule has 0 saturated carbocycles. The van der Waals surface area contributed by atoms with E-state index in [-0.39, 0.29) is 11.6 Å². The summed E-state index contributed by atoms with van der Waals surface area (Å²) in [6.07, 6.45) is 0.912. The van der Waals surface area contributed by atoms with Crippen LogP contribution in [0.25, 0.3) is 0 Å². The fraction of sp³-hybridized carbons (Fsp3) is 0.571. The van der Waals surface area contributed by atoms with Crippen LogP contribution in [0.15, 0.2) is 24.3 Å². The highest BCUT2D eigenvalue weighted by Gasteiger charge is 2.28. The summed E-state index contributed by atoms with van der Waals surface area (Å²) in [6.45, 7) is 7.24. The van der Waals surface area contributed by atoms with Crippen molar-refractivity contribution < 1.29 is 4.74 Å².